The molecule has 2 N–H and O–H groups in total. The second kappa shape index (κ2) is 9.93. The van der Waals surface area contributed by atoms with Crippen molar-refractivity contribution in [3.63, 3.8) is 0 Å². The fourth-order valence-electron chi connectivity index (χ4n) is 3.68. The summed E-state index contributed by atoms with van der Waals surface area (Å²) in [5, 5.41) is 17.1. The Morgan fingerprint density at radius 1 is 1.23 bits per heavy atom. The number of aliphatic hydroxyl groups is 1. The highest BCUT2D eigenvalue weighted by atomic mass is 19.3. The molecule has 184 valence electrons. The molecule has 4 rings (SSSR count). The zero-order valence-electron chi connectivity index (χ0n) is 19.2. The molecule has 1 aliphatic rings. The average Bonchev–Trinajstić information content (AvgIpc) is 2.77. The predicted octanol–water partition coefficient (Wildman–Crippen LogP) is 3.61. The van der Waals surface area contributed by atoms with Gasteiger partial charge in [0.1, 0.15) is 17.9 Å². The van der Waals surface area contributed by atoms with Crippen LogP contribution in [-0.2, 0) is 10.3 Å². The first-order chi connectivity index (χ1) is 16.6. The van der Waals surface area contributed by atoms with Gasteiger partial charge in [0.2, 0.25) is 5.43 Å². The number of para-hydroxylation sites is 1. The second-order valence-electron chi connectivity index (χ2n) is 8.66. The van der Waals surface area contributed by atoms with E-state index in [9.17, 15) is 23.5 Å². The van der Waals surface area contributed by atoms with Gasteiger partial charge in [0.25, 0.3) is 12.3 Å². The van der Waals surface area contributed by atoms with Gasteiger partial charge in [0.15, 0.2) is 0 Å². The number of carbonyl (C=O) groups excluding carboxylic acids is 1. The topological polar surface area (TPSA) is 103 Å². The molecule has 1 fully saturated rings. The van der Waals surface area contributed by atoms with Crippen molar-refractivity contribution in [2.45, 2.75) is 31.9 Å². The number of hydrogen-bond acceptors (Lipinski definition) is 6. The molecule has 1 aromatic heterocycles. The molecule has 0 radical (unpaired) electrons. The minimum absolute atomic E-state index is 0.0952. The number of nitrogens with one attached hydrogen (secondary N) is 1. The lowest BCUT2D eigenvalue weighted by atomic mass is 9.98. The fraction of sp³-hybridized carbons (Fsp3) is 0.320. The van der Waals surface area contributed by atoms with E-state index < -0.39 is 30.0 Å². The van der Waals surface area contributed by atoms with E-state index in [0.29, 0.717) is 24.5 Å². The number of rotatable bonds is 8. The molecular formula is C25H25F2N3O5. The van der Waals surface area contributed by atoms with Crippen molar-refractivity contribution in [3.8, 4) is 17.0 Å². The molecule has 0 unspecified atom stereocenters. The summed E-state index contributed by atoms with van der Waals surface area (Å²) in [6.45, 7) is 3.09. The smallest absolute Gasteiger partial charge is 0.272 e. The Labute approximate surface area is 200 Å². The van der Waals surface area contributed by atoms with E-state index in [1.807, 2.05) is 0 Å². The maximum Gasteiger partial charge on any atom is 0.272 e. The van der Waals surface area contributed by atoms with Crippen LogP contribution in [0.2, 0.25) is 0 Å². The molecule has 2 heterocycles. The number of aromatic nitrogens is 2. The standard InChI is InChI=1S/C25H25F2N3O5/c1-25(2,33)15-7-9-16(10-8-15)29-24(32)22-19(31)11-28-30(17-12-34-13-17)23(22)18-5-3-4-6-20(18)35-14-21(26)27/h3-11,17,21,33H,12-14H2,1-2H3,(H,29,32). The van der Waals surface area contributed by atoms with Crippen molar-refractivity contribution in [3.05, 3.63) is 76.1 Å². The predicted molar refractivity (Wildman–Crippen MR) is 125 cm³/mol. The molecule has 1 amide bonds. The minimum Gasteiger partial charge on any atom is -0.487 e. The van der Waals surface area contributed by atoms with Gasteiger partial charge in [0.05, 0.1) is 36.7 Å². The molecule has 1 saturated heterocycles. The summed E-state index contributed by atoms with van der Waals surface area (Å²) in [6, 6.07) is 12.7. The monoisotopic (exact) mass is 485 g/mol. The number of nitrogens with zero attached hydrogens (tertiary/aromatic N) is 2. The van der Waals surface area contributed by atoms with Crippen molar-refractivity contribution in [2.75, 3.05) is 25.1 Å². The molecule has 1 aliphatic heterocycles. The molecule has 3 aromatic rings. The maximum absolute atomic E-state index is 13.4. The van der Waals surface area contributed by atoms with Crippen LogP contribution in [0.3, 0.4) is 0 Å². The number of halogens is 2. The van der Waals surface area contributed by atoms with E-state index in [1.165, 1.54) is 10.7 Å². The van der Waals surface area contributed by atoms with E-state index >= 15 is 0 Å². The summed E-state index contributed by atoms with van der Waals surface area (Å²) < 4.78 is 37.8. The summed E-state index contributed by atoms with van der Waals surface area (Å²) in [6.07, 6.45) is -1.65. The largest absolute Gasteiger partial charge is 0.487 e. The Balaban J connectivity index is 1.78. The van der Waals surface area contributed by atoms with Gasteiger partial charge >= 0.3 is 0 Å². The second-order valence-corrected chi connectivity index (χ2v) is 8.66. The number of carbonyl (C=O) groups is 1. The lowest BCUT2D eigenvalue weighted by Crippen LogP contribution is -2.36. The van der Waals surface area contributed by atoms with Crippen LogP contribution >= 0.6 is 0 Å². The van der Waals surface area contributed by atoms with Gasteiger partial charge in [-0.1, -0.05) is 24.3 Å². The highest BCUT2D eigenvalue weighted by molar-refractivity contribution is 6.08. The first-order valence-corrected chi connectivity index (χ1v) is 11.0. The highest BCUT2D eigenvalue weighted by Crippen LogP contribution is 2.34. The number of amides is 1. The lowest BCUT2D eigenvalue weighted by molar-refractivity contribution is -0.0286. The minimum atomic E-state index is -2.70. The molecule has 2 aromatic carbocycles. The highest BCUT2D eigenvalue weighted by Gasteiger charge is 2.30. The van der Waals surface area contributed by atoms with Crippen molar-refractivity contribution in [1.29, 1.82) is 0 Å². The van der Waals surface area contributed by atoms with Gasteiger partial charge in [0, 0.05) is 11.3 Å². The van der Waals surface area contributed by atoms with E-state index in [2.05, 4.69) is 10.4 Å². The van der Waals surface area contributed by atoms with Crippen LogP contribution in [0.5, 0.6) is 5.75 Å². The summed E-state index contributed by atoms with van der Waals surface area (Å²) in [7, 11) is 0. The van der Waals surface area contributed by atoms with Crippen LogP contribution in [0.25, 0.3) is 11.3 Å². The third kappa shape index (κ3) is 5.39. The molecular weight excluding hydrogens is 460 g/mol. The van der Waals surface area contributed by atoms with Crippen molar-refractivity contribution < 1.29 is 28.2 Å². The van der Waals surface area contributed by atoms with Gasteiger partial charge in [-0.25, -0.2) is 8.78 Å². The van der Waals surface area contributed by atoms with Gasteiger partial charge in [-0.15, -0.1) is 0 Å². The molecule has 0 aliphatic carbocycles. The third-order valence-electron chi connectivity index (χ3n) is 5.56. The Morgan fingerprint density at radius 3 is 2.51 bits per heavy atom. The lowest BCUT2D eigenvalue weighted by Gasteiger charge is -2.30. The summed E-state index contributed by atoms with van der Waals surface area (Å²) in [5.41, 5.74) is -0.392. The maximum atomic E-state index is 13.4. The Morgan fingerprint density at radius 2 is 1.91 bits per heavy atom. The zero-order valence-corrected chi connectivity index (χ0v) is 19.2. The molecule has 8 nitrogen and oxygen atoms in total. The molecule has 0 spiro atoms. The first kappa shape index (κ1) is 24.5. The quantitative estimate of drug-likeness (QED) is 0.506. The summed E-state index contributed by atoms with van der Waals surface area (Å²) in [4.78, 5) is 26.3. The van der Waals surface area contributed by atoms with Crippen LogP contribution in [0.1, 0.15) is 35.8 Å². The summed E-state index contributed by atoms with van der Waals surface area (Å²) in [5.74, 6) is -0.598. The van der Waals surface area contributed by atoms with Crippen molar-refractivity contribution in [1.82, 2.24) is 9.78 Å². The molecule has 35 heavy (non-hydrogen) atoms. The Hall–Kier alpha value is -3.63. The average molecular weight is 485 g/mol. The Bertz CT molecular complexity index is 1270. The van der Waals surface area contributed by atoms with Crippen LogP contribution in [-0.4, -0.2) is 47.0 Å². The fourth-order valence-corrected chi connectivity index (χ4v) is 3.68. The van der Waals surface area contributed by atoms with Gasteiger partial charge in [-0.3, -0.25) is 14.3 Å². The van der Waals surface area contributed by atoms with Crippen LogP contribution < -0.4 is 15.5 Å². The zero-order chi connectivity index (χ0) is 25.2. The van der Waals surface area contributed by atoms with E-state index in [-0.39, 0.29) is 28.6 Å². The number of hydrogen-bond donors (Lipinski definition) is 2. The number of benzene rings is 2. The van der Waals surface area contributed by atoms with Crippen molar-refractivity contribution in [2.24, 2.45) is 0 Å². The first-order valence-electron chi connectivity index (χ1n) is 11.0. The van der Waals surface area contributed by atoms with Crippen LogP contribution in [0.15, 0.2) is 59.5 Å². The SMILES string of the molecule is CC(C)(O)c1ccc(NC(=O)c2c(-c3ccccc3OCC(F)F)n(C3COC3)ncc2=O)cc1. The number of alkyl halides is 2. The summed E-state index contributed by atoms with van der Waals surface area (Å²) >= 11 is 0. The molecule has 10 heteroatoms. The van der Waals surface area contributed by atoms with E-state index in [4.69, 9.17) is 9.47 Å². The molecule has 0 atom stereocenters. The van der Waals surface area contributed by atoms with Crippen molar-refractivity contribution >= 4 is 11.6 Å². The molecule has 0 bridgehead atoms. The number of ether oxygens (including phenoxy) is 2. The molecule has 0 saturated carbocycles. The Kier molecular flexibility index (Phi) is 6.95. The van der Waals surface area contributed by atoms with Gasteiger partial charge < -0.3 is 19.9 Å². The number of anilines is 1. The normalized spacial score (nSPS) is 14.0. The van der Waals surface area contributed by atoms with Crippen LogP contribution in [0.4, 0.5) is 14.5 Å². The van der Waals surface area contributed by atoms with E-state index in [0.717, 1.165) is 6.20 Å². The van der Waals surface area contributed by atoms with Gasteiger partial charge in [-0.05, 0) is 43.7 Å². The van der Waals surface area contributed by atoms with Gasteiger partial charge in [-0.2, -0.15) is 5.10 Å². The van der Waals surface area contributed by atoms with E-state index in [1.54, 1.807) is 56.3 Å². The third-order valence-corrected chi connectivity index (χ3v) is 5.56. The van der Waals surface area contributed by atoms with Crippen LogP contribution in [0, 0.1) is 0 Å².